The molecule has 0 radical (unpaired) electrons. The third-order valence-corrected chi connectivity index (χ3v) is 6.03. The Morgan fingerprint density at radius 3 is 3.00 bits per heavy atom. The average molecular weight is 264 g/mol. The van der Waals surface area contributed by atoms with Crippen LogP contribution < -0.4 is 0 Å². The Kier molecular flexibility index (Phi) is 2.21. The van der Waals surface area contributed by atoms with Gasteiger partial charge in [0, 0.05) is 23.2 Å². The second-order valence-corrected chi connectivity index (χ2v) is 6.97. The van der Waals surface area contributed by atoms with Crippen molar-refractivity contribution in [3.63, 3.8) is 0 Å². The predicted molar refractivity (Wildman–Crippen MR) is 67.0 cm³/mol. The molecule has 2 aliphatic heterocycles. The molecule has 1 saturated carbocycles. The summed E-state index contributed by atoms with van der Waals surface area (Å²) in [6.45, 7) is 4.66. The number of aliphatic hydroxyl groups excluding tert-OH is 1. The second-order valence-electron chi connectivity index (χ2n) is 6.97. The van der Waals surface area contributed by atoms with Crippen molar-refractivity contribution in [3.05, 3.63) is 11.6 Å². The van der Waals surface area contributed by atoms with Crippen molar-refractivity contribution < 1.29 is 19.4 Å². The molecule has 4 rings (SSSR count). The Hall–Kier alpha value is -0.710. The monoisotopic (exact) mass is 264 g/mol. The molecule has 1 spiro atoms. The SMILES string of the molecule is CC1(C)C(=O)CC[C@]23[C@@H]4C(=CC[C@@H]12)CO[C@@H]4O[C@@H]3O. The lowest BCUT2D eigenvalue weighted by Gasteiger charge is -2.54. The lowest BCUT2D eigenvalue weighted by Crippen LogP contribution is -2.56. The van der Waals surface area contributed by atoms with Crippen molar-refractivity contribution in [1.82, 2.24) is 0 Å². The average Bonchev–Trinajstić information content (AvgIpc) is 2.89. The number of carbonyl (C=O) groups is 1. The van der Waals surface area contributed by atoms with E-state index >= 15 is 0 Å². The molecule has 4 aliphatic rings. The minimum atomic E-state index is -0.802. The molecule has 2 saturated heterocycles. The first-order valence-corrected chi connectivity index (χ1v) is 7.15. The van der Waals surface area contributed by atoms with E-state index in [9.17, 15) is 9.90 Å². The predicted octanol–water partition coefficient (Wildman–Crippen LogP) is 1.63. The number of aliphatic hydroxyl groups is 1. The van der Waals surface area contributed by atoms with E-state index in [1.807, 2.05) is 13.8 Å². The van der Waals surface area contributed by atoms with Crippen LogP contribution in [0.1, 0.15) is 33.1 Å². The van der Waals surface area contributed by atoms with Crippen LogP contribution in [0.5, 0.6) is 0 Å². The van der Waals surface area contributed by atoms with E-state index in [0.29, 0.717) is 18.8 Å². The summed E-state index contributed by atoms with van der Waals surface area (Å²) in [5.41, 5.74) is 0.563. The van der Waals surface area contributed by atoms with Gasteiger partial charge in [-0.2, -0.15) is 0 Å². The maximum Gasteiger partial charge on any atom is 0.168 e. The van der Waals surface area contributed by atoms with Crippen LogP contribution in [0.2, 0.25) is 0 Å². The molecule has 0 amide bonds. The zero-order chi connectivity index (χ0) is 13.4. The molecule has 0 bridgehead atoms. The van der Waals surface area contributed by atoms with E-state index in [2.05, 4.69) is 6.08 Å². The molecular weight excluding hydrogens is 244 g/mol. The van der Waals surface area contributed by atoms with Gasteiger partial charge in [0.2, 0.25) is 0 Å². The van der Waals surface area contributed by atoms with Crippen molar-refractivity contribution in [2.75, 3.05) is 6.61 Å². The van der Waals surface area contributed by atoms with Gasteiger partial charge in [0.15, 0.2) is 12.6 Å². The van der Waals surface area contributed by atoms with Crippen molar-refractivity contribution >= 4 is 5.78 Å². The first-order valence-electron chi connectivity index (χ1n) is 7.15. The molecule has 19 heavy (non-hydrogen) atoms. The number of hydrogen-bond acceptors (Lipinski definition) is 4. The standard InChI is InChI=1S/C15H20O4/c1-14(2)9-4-3-8-7-18-12-11(8)15(9,13(17)19-12)6-5-10(14)16/h3,9,11-13,17H,4-7H2,1-2H3/t9-,11+,12+,13-,15+/m0/s1. The Labute approximate surface area is 112 Å². The summed E-state index contributed by atoms with van der Waals surface area (Å²) in [5.74, 6) is 0.611. The van der Waals surface area contributed by atoms with Crippen molar-refractivity contribution in [2.24, 2.45) is 22.7 Å². The van der Waals surface area contributed by atoms with E-state index in [1.165, 1.54) is 5.57 Å². The molecular formula is C15H20O4. The largest absolute Gasteiger partial charge is 0.367 e. The fourth-order valence-corrected chi connectivity index (χ4v) is 4.99. The van der Waals surface area contributed by atoms with Gasteiger partial charge in [-0.25, -0.2) is 0 Å². The molecule has 2 heterocycles. The summed E-state index contributed by atoms with van der Waals surface area (Å²) in [5, 5.41) is 10.5. The Morgan fingerprint density at radius 1 is 1.42 bits per heavy atom. The molecule has 0 aromatic heterocycles. The highest BCUT2D eigenvalue weighted by molar-refractivity contribution is 5.85. The number of Topliss-reactive ketones (excluding diaryl/α,β-unsaturated/α-hetero) is 1. The Bertz CT molecular complexity index is 481. The van der Waals surface area contributed by atoms with E-state index < -0.39 is 6.29 Å². The number of hydrogen-bond donors (Lipinski definition) is 1. The maximum atomic E-state index is 12.3. The smallest absolute Gasteiger partial charge is 0.168 e. The number of allylic oxidation sites excluding steroid dienone is 1. The molecule has 4 nitrogen and oxygen atoms in total. The highest BCUT2D eigenvalue weighted by Gasteiger charge is 2.69. The van der Waals surface area contributed by atoms with Crippen molar-refractivity contribution in [2.45, 2.75) is 45.7 Å². The molecule has 0 unspecified atom stereocenters. The minimum Gasteiger partial charge on any atom is -0.367 e. The van der Waals surface area contributed by atoms with Gasteiger partial charge in [-0.15, -0.1) is 0 Å². The van der Waals surface area contributed by atoms with Crippen molar-refractivity contribution in [3.8, 4) is 0 Å². The first-order chi connectivity index (χ1) is 8.98. The fraction of sp³-hybridized carbons (Fsp3) is 0.800. The fourth-order valence-electron chi connectivity index (χ4n) is 4.99. The Balaban J connectivity index is 1.88. The van der Waals surface area contributed by atoms with Crippen molar-refractivity contribution in [1.29, 1.82) is 0 Å². The Morgan fingerprint density at radius 2 is 2.21 bits per heavy atom. The van der Waals surface area contributed by atoms with Gasteiger partial charge in [0.05, 0.1) is 6.61 Å². The van der Waals surface area contributed by atoms with Gasteiger partial charge >= 0.3 is 0 Å². The maximum absolute atomic E-state index is 12.3. The first kappa shape index (κ1) is 12.1. The second kappa shape index (κ2) is 3.48. The van der Waals surface area contributed by atoms with Crippen LogP contribution >= 0.6 is 0 Å². The molecule has 2 aliphatic carbocycles. The van der Waals surface area contributed by atoms with Crippen LogP contribution in [-0.4, -0.2) is 30.1 Å². The highest BCUT2D eigenvalue weighted by atomic mass is 16.7. The molecule has 0 aromatic carbocycles. The normalized spacial score (nSPS) is 50.7. The number of ketones is 1. The van der Waals surface area contributed by atoms with Crippen LogP contribution in [0.4, 0.5) is 0 Å². The van der Waals surface area contributed by atoms with Crippen LogP contribution in [0.25, 0.3) is 0 Å². The molecule has 3 fully saturated rings. The molecule has 5 atom stereocenters. The summed E-state index contributed by atoms with van der Waals surface area (Å²) in [6.07, 6.45) is 3.22. The molecule has 1 N–H and O–H groups in total. The van der Waals surface area contributed by atoms with Gasteiger partial charge in [0.1, 0.15) is 5.78 Å². The third kappa shape index (κ3) is 1.23. The molecule has 0 aromatic rings. The van der Waals surface area contributed by atoms with Gasteiger partial charge in [-0.1, -0.05) is 19.9 Å². The zero-order valence-electron chi connectivity index (χ0n) is 11.4. The summed E-state index contributed by atoms with van der Waals surface area (Å²) < 4.78 is 11.3. The van der Waals surface area contributed by atoms with Crippen LogP contribution in [0, 0.1) is 22.7 Å². The molecule has 104 valence electrons. The summed E-state index contributed by atoms with van der Waals surface area (Å²) in [6, 6.07) is 0. The quantitative estimate of drug-likeness (QED) is 0.676. The lowest BCUT2D eigenvalue weighted by atomic mass is 9.48. The number of carbonyl (C=O) groups excluding carboxylic acids is 1. The van der Waals surface area contributed by atoms with Gasteiger partial charge < -0.3 is 14.6 Å². The van der Waals surface area contributed by atoms with Gasteiger partial charge in [0.25, 0.3) is 0 Å². The number of ether oxygens (including phenoxy) is 2. The third-order valence-electron chi connectivity index (χ3n) is 6.03. The number of rotatable bonds is 0. The lowest BCUT2D eigenvalue weighted by molar-refractivity contribution is -0.212. The van der Waals surface area contributed by atoms with E-state index in [1.54, 1.807) is 0 Å². The molecule has 4 heteroatoms. The van der Waals surface area contributed by atoms with E-state index in [0.717, 1.165) is 12.8 Å². The summed E-state index contributed by atoms with van der Waals surface area (Å²) in [4.78, 5) is 12.3. The van der Waals surface area contributed by atoms with Crippen LogP contribution in [0.15, 0.2) is 11.6 Å². The van der Waals surface area contributed by atoms with Crippen LogP contribution in [-0.2, 0) is 14.3 Å². The zero-order valence-corrected chi connectivity index (χ0v) is 11.4. The van der Waals surface area contributed by atoms with Crippen LogP contribution in [0.3, 0.4) is 0 Å². The van der Waals surface area contributed by atoms with Gasteiger partial charge in [-0.05, 0) is 24.3 Å². The summed E-state index contributed by atoms with van der Waals surface area (Å²) >= 11 is 0. The van der Waals surface area contributed by atoms with E-state index in [-0.39, 0.29) is 29.0 Å². The van der Waals surface area contributed by atoms with Gasteiger partial charge in [-0.3, -0.25) is 4.79 Å². The minimum absolute atomic E-state index is 0.147. The van der Waals surface area contributed by atoms with E-state index in [4.69, 9.17) is 9.47 Å². The topological polar surface area (TPSA) is 55.8 Å². The summed E-state index contributed by atoms with van der Waals surface area (Å²) in [7, 11) is 0. The highest BCUT2D eigenvalue weighted by Crippen LogP contribution is 2.65.